The van der Waals surface area contributed by atoms with Crippen LogP contribution >= 0.6 is 0 Å². The molecule has 0 saturated heterocycles. The first-order valence-corrected chi connectivity index (χ1v) is 6.82. The summed E-state index contributed by atoms with van der Waals surface area (Å²) in [7, 11) is 0. The van der Waals surface area contributed by atoms with Gasteiger partial charge in [0.15, 0.2) is 0 Å². The monoisotopic (exact) mass is 278 g/mol. The van der Waals surface area contributed by atoms with Gasteiger partial charge in [-0.15, -0.1) is 0 Å². The van der Waals surface area contributed by atoms with Crippen LogP contribution in [-0.4, -0.2) is 12.5 Å². The number of hydrogen-bond acceptors (Lipinski definition) is 2. The van der Waals surface area contributed by atoms with Crippen LogP contribution in [0.15, 0.2) is 48.5 Å². The maximum Gasteiger partial charge on any atom is 0.228 e. The first-order valence-electron chi connectivity index (χ1n) is 6.82. The number of anilines is 1. The molecule has 0 radical (unpaired) electrons. The summed E-state index contributed by atoms with van der Waals surface area (Å²) in [5.74, 6) is 5.71. The highest BCUT2D eigenvalue weighted by atomic mass is 16.1. The van der Waals surface area contributed by atoms with Crippen LogP contribution in [0, 0.1) is 18.8 Å². The third-order valence-electron chi connectivity index (χ3n) is 2.97. The Labute approximate surface area is 125 Å². The van der Waals surface area contributed by atoms with Crippen LogP contribution in [-0.2, 0) is 11.2 Å². The van der Waals surface area contributed by atoms with E-state index in [1.54, 1.807) is 0 Å². The van der Waals surface area contributed by atoms with Crippen molar-refractivity contribution < 1.29 is 4.79 Å². The van der Waals surface area contributed by atoms with Crippen LogP contribution in [0.2, 0.25) is 0 Å². The number of benzene rings is 2. The van der Waals surface area contributed by atoms with Crippen LogP contribution in [0.25, 0.3) is 0 Å². The predicted octanol–water partition coefficient (Wildman–Crippen LogP) is 2.49. The fourth-order valence-electron chi connectivity index (χ4n) is 2.05. The minimum Gasteiger partial charge on any atom is -0.325 e. The quantitative estimate of drug-likeness (QED) is 0.848. The molecule has 0 aliphatic rings. The molecular formula is C18H18N2O. The molecule has 2 rings (SSSR count). The normalized spacial score (nSPS) is 9.62. The molecule has 21 heavy (non-hydrogen) atoms. The average molecular weight is 278 g/mol. The van der Waals surface area contributed by atoms with E-state index < -0.39 is 0 Å². The van der Waals surface area contributed by atoms with Gasteiger partial charge < -0.3 is 11.1 Å². The van der Waals surface area contributed by atoms with E-state index in [0.717, 1.165) is 22.4 Å². The Morgan fingerprint density at radius 3 is 2.76 bits per heavy atom. The first kappa shape index (κ1) is 14.8. The number of nitrogens with one attached hydrogen (secondary N) is 1. The summed E-state index contributed by atoms with van der Waals surface area (Å²) in [6, 6.07) is 15.4. The molecule has 2 aromatic carbocycles. The Balaban J connectivity index is 2.09. The largest absolute Gasteiger partial charge is 0.325 e. The zero-order chi connectivity index (χ0) is 15.1. The lowest BCUT2D eigenvalue weighted by Crippen LogP contribution is -2.15. The number of hydrogen-bond donors (Lipinski definition) is 2. The molecule has 0 bridgehead atoms. The van der Waals surface area contributed by atoms with Crippen molar-refractivity contribution in [1.82, 2.24) is 0 Å². The third kappa shape index (κ3) is 4.48. The van der Waals surface area contributed by atoms with Gasteiger partial charge in [-0.3, -0.25) is 4.79 Å². The summed E-state index contributed by atoms with van der Waals surface area (Å²) in [4.78, 5) is 12.1. The fraction of sp³-hybridized carbons (Fsp3) is 0.167. The Bertz CT molecular complexity index is 696. The molecule has 106 valence electrons. The van der Waals surface area contributed by atoms with Gasteiger partial charge in [0.05, 0.1) is 18.7 Å². The standard InChI is InChI=1S/C18H18N2O/c1-14-6-4-7-15(12-14)13-18(21)20-17-10-3-2-8-16(17)9-5-11-19/h2-4,6-8,10,12H,11,13,19H2,1H3,(H,20,21). The fourth-order valence-corrected chi connectivity index (χ4v) is 2.05. The molecule has 0 atom stereocenters. The van der Waals surface area contributed by atoms with E-state index >= 15 is 0 Å². The number of para-hydroxylation sites is 1. The van der Waals surface area contributed by atoms with Gasteiger partial charge in [-0.1, -0.05) is 53.8 Å². The molecule has 0 aliphatic carbocycles. The zero-order valence-corrected chi connectivity index (χ0v) is 12.0. The Kier molecular flexibility index (Phi) is 5.14. The number of amides is 1. The molecule has 0 spiro atoms. The molecule has 0 fully saturated rings. The summed E-state index contributed by atoms with van der Waals surface area (Å²) in [5.41, 5.74) is 9.03. The lowest BCUT2D eigenvalue weighted by molar-refractivity contribution is -0.115. The Morgan fingerprint density at radius 1 is 1.19 bits per heavy atom. The van der Waals surface area contributed by atoms with Crippen LogP contribution in [0.4, 0.5) is 5.69 Å². The molecule has 2 aromatic rings. The van der Waals surface area contributed by atoms with Crippen molar-refractivity contribution in [1.29, 1.82) is 0 Å². The van der Waals surface area contributed by atoms with Gasteiger partial charge in [-0.25, -0.2) is 0 Å². The highest BCUT2D eigenvalue weighted by molar-refractivity contribution is 5.93. The van der Waals surface area contributed by atoms with Gasteiger partial charge in [0.2, 0.25) is 5.91 Å². The van der Waals surface area contributed by atoms with Crippen molar-refractivity contribution in [3.05, 3.63) is 65.2 Å². The summed E-state index contributed by atoms with van der Waals surface area (Å²) in [6.07, 6.45) is 0.348. The number of rotatable bonds is 3. The Morgan fingerprint density at radius 2 is 2.00 bits per heavy atom. The second-order valence-corrected chi connectivity index (χ2v) is 4.77. The molecule has 0 saturated carbocycles. The minimum absolute atomic E-state index is 0.0531. The average Bonchev–Trinajstić information content (AvgIpc) is 2.46. The number of carbonyl (C=O) groups is 1. The van der Waals surface area contributed by atoms with Crippen molar-refractivity contribution in [3.8, 4) is 11.8 Å². The third-order valence-corrected chi connectivity index (χ3v) is 2.97. The second-order valence-electron chi connectivity index (χ2n) is 4.77. The summed E-state index contributed by atoms with van der Waals surface area (Å²) in [5, 5.41) is 2.91. The van der Waals surface area contributed by atoms with E-state index in [2.05, 4.69) is 17.2 Å². The summed E-state index contributed by atoms with van der Waals surface area (Å²) < 4.78 is 0. The second kappa shape index (κ2) is 7.28. The minimum atomic E-state index is -0.0531. The first-order chi connectivity index (χ1) is 10.2. The zero-order valence-electron chi connectivity index (χ0n) is 12.0. The van der Waals surface area contributed by atoms with Gasteiger partial charge in [-0.05, 0) is 24.6 Å². The highest BCUT2D eigenvalue weighted by Crippen LogP contribution is 2.14. The van der Waals surface area contributed by atoms with Crippen LogP contribution in [0.5, 0.6) is 0 Å². The van der Waals surface area contributed by atoms with Gasteiger partial charge in [0.25, 0.3) is 0 Å². The van der Waals surface area contributed by atoms with E-state index in [0.29, 0.717) is 13.0 Å². The molecule has 0 aliphatic heterocycles. The maximum absolute atomic E-state index is 12.1. The topological polar surface area (TPSA) is 55.1 Å². The van der Waals surface area contributed by atoms with Crippen molar-refractivity contribution in [3.63, 3.8) is 0 Å². The summed E-state index contributed by atoms with van der Waals surface area (Å²) >= 11 is 0. The number of nitrogens with two attached hydrogens (primary N) is 1. The molecule has 3 nitrogen and oxygen atoms in total. The maximum atomic E-state index is 12.1. The molecular weight excluding hydrogens is 260 g/mol. The molecule has 0 heterocycles. The predicted molar refractivity (Wildman–Crippen MR) is 85.9 cm³/mol. The SMILES string of the molecule is Cc1cccc(CC(=O)Nc2ccccc2C#CCN)c1. The summed E-state index contributed by atoms with van der Waals surface area (Å²) in [6.45, 7) is 2.31. The molecule has 3 heteroatoms. The van der Waals surface area contributed by atoms with Crippen molar-refractivity contribution in [2.24, 2.45) is 5.73 Å². The van der Waals surface area contributed by atoms with Gasteiger partial charge in [-0.2, -0.15) is 0 Å². The van der Waals surface area contributed by atoms with Gasteiger partial charge in [0, 0.05) is 5.56 Å². The lowest BCUT2D eigenvalue weighted by Gasteiger charge is -2.08. The van der Waals surface area contributed by atoms with Crippen molar-refractivity contribution >= 4 is 11.6 Å². The van der Waals surface area contributed by atoms with E-state index in [4.69, 9.17) is 5.73 Å². The lowest BCUT2D eigenvalue weighted by atomic mass is 10.1. The molecule has 0 unspecified atom stereocenters. The van der Waals surface area contributed by atoms with E-state index in [1.165, 1.54) is 0 Å². The van der Waals surface area contributed by atoms with Gasteiger partial charge >= 0.3 is 0 Å². The smallest absolute Gasteiger partial charge is 0.228 e. The van der Waals surface area contributed by atoms with Crippen LogP contribution in [0.1, 0.15) is 16.7 Å². The molecule has 0 aromatic heterocycles. The van der Waals surface area contributed by atoms with E-state index in [-0.39, 0.29) is 5.91 Å². The number of carbonyl (C=O) groups excluding carboxylic acids is 1. The molecule has 3 N–H and O–H groups in total. The van der Waals surface area contributed by atoms with E-state index in [1.807, 2.05) is 55.5 Å². The Hall–Kier alpha value is -2.57. The van der Waals surface area contributed by atoms with Gasteiger partial charge in [0.1, 0.15) is 0 Å². The van der Waals surface area contributed by atoms with E-state index in [9.17, 15) is 4.79 Å². The number of aryl methyl sites for hydroxylation is 1. The van der Waals surface area contributed by atoms with Crippen molar-refractivity contribution in [2.45, 2.75) is 13.3 Å². The van der Waals surface area contributed by atoms with Crippen molar-refractivity contribution in [2.75, 3.05) is 11.9 Å². The van der Waals surface area contributed by atoms with Crippen LogP contribution in [0.3, 0.4) is 0 Å². The molecule has 1 amide bonds. The highest BCUT2D eigenvalue weighted by Gasteiger charge is 2.06. The van der Waals surface area contributed by atoms with Crippen LogP contribution < -0.4 is 11.1 Å².